The predicted octanol–water partition coefficient (Wildman–Crippen LogP) is 4.28. The SMILES string of the molecule is CC(C)(C(=O)Cc1sccc1Br)N1CCCCCC1. The Bertz CT molecular complexity index is 433. The van der Waals surface area contributed by atoms with Crippen LogP contribution in [0.2, 0.25) is 0 Å². The van der Waals surface area contributed by atoms with Crippen molar-refractivity contribution >= 4 is 33.0 Å². The molecule has 1 aromatic heterocycles. The van der Waals surface area contributed by atoms with Crippen LogP contribution in [0.5, 0.6) is 0 Å². The zero-order valence-corrected chi connectivity index (χ0v) is 14.1. The van der Waals surface area contributed by atoms with Crippen molar-refractivity contribution in [2.24, 2.45) is 0 Å². The number of rotatable bonds is 4. The molecule has 0 aliphatic carbocycles. The summed E-state index contributed by atoms with van der Waals surface area (Å²) in [6, 6.07) is 2.02. The van der Waals surface area contributed by atoms with Crippen LogP contribution in [0, 0.1) is 0 Å². The van der Waals surface area contributed by atoms with Gasteiger partial charge in [-0.15, -0.1) is 11.3 Å². The first-order chi connectivity index (χ1) is 9.01. The van der Waals surface area contributed by atoms with Crippen molar-refractivity contribution in [3.05, 3.63) is 20.8 Å². The van der Waals surface area contributed by atoms with E-state index in [0.29, 0.717) is 12.2 Å². The fourth-order valence-electron chi connectivity index (χ4n) is 2.62. The number of Topliss-reactive ketones (excluding diaryl/α,β-unsaturated/α-hetero) is 1. The van der Waals surface area contributed by atoms with E-state index in [1.165, 1.54) is 25.7 Å². The van der Waals surface area contributed by atoms with E-state index in [-0.39, 0.29) is 5.54 Å². The van der Waals surface area contributed by atoms with Crippen LogP contribution in [0.3, 0.4) is 0 Å². The van der Waals surface area contributed by atoms with Gasteiger partial charge in [-0.25, -0.2) is 0 Å². The summed E-state index contributed by atoms with van der Waals surface area (Å²) in [6.07, 6.45) is 5.59. The van der Waals surface area contributed by atoms with Crippen molar-refractivity contribution in [2.75, 3.05) is 13.1 Å². The highest BCUT2D eigenvalue weighted by molar-refractivity contribution is 9.10. The molecule has 0 aromatic carbocycles. The molecule has 2 nitrogen and oxygen atoms in total. The second kappa shape index (κ2) is 6.51. The summed E-state index contributed by atoms with van der Waals surface area (Å²) < 4.78 is 1.07. The molecular formula is C15H22BrNOS. The number of hydrogen-bond acceptors (Lipinski definition) is 3. The summed E-state index contributed by atoms with van der Waals surface area (Å²) in [6.45, 7) is 6.29. The van der Waals surface area contributed by atoms with E-state index < -0.39 is 0 Å². The van der Waals surface area contributed by atoms with Crippen LogP contribution in [0.15, 0.2) is 15.9 Å². The summed E-state index contributed by atoms with van der Waals surface area (Å²) in [5, 5.41) is 2.03. The minimum Gasteiger partial charge on any atom is -0.297 e. The van der Waals surface area contributed by atoms with Gasteiger partial charge >= 0.3 is 0 Å². The van der Waals surface area contributed by atoms with Crippen LogP contribution in [0.1, 0.15) is 44.4 Å². The van der Waals surface area contributed by atoms with Gasteiger partial charge in [-0.05, 0) is 67.2 Å². The molecule has 4 heteroatoms. The lowest BCUT2D eigenvalue weighted by molar-refractivity contribution is -0.128. The Morgan fingerprint density at radius 1 is 1.32 bits per heavy atom. The van der Waals surface area contributed by atoms with Crippen molar-refractivity contribution < 1.29 is 4.79 Å². The molecule has 0 bridgehead atoms. The molecule has 2 heterocycles. The van der Waals surface area contributed by atoms with Gasteiger partial charge in [-0.2, -0.15) is 0 Å². The lowest BCUT2D eigenvalue weighted by Crippen LogP contribution is -2.51. The van der Waals surface area contributed by atoms with Crippen LogP contribution in [0.25, 0.3) is 0 Å². The number of ketones is 1. The van der Waals surface area contributed by atoms with Gasteiger partial charge in [0.25, 0.3) is 0 Å². The molecule has 0 atom stereocenters. The molecule has 0 radical (unpaired) electrons. The van der Waals surface area contributed by atoms with E-state index in [0.717, 1.165) is 22.4 Å². The van der Waals surface area contributed by atoms with E-state index in [1.807, 2.05) is 11.4 Å². The first-order valence-corrected chi connectivity index (χ1v) is 8.69. The van der Waals surface area contributed by atoms with Crippen LogP contribution in [-0.4, -0.2) is 29.3 Å². The van der Waals surface area contributed by atoms with E-state index >= 15 is 0 Å². The Hall–Kier alpha value is -0.190. The normalized spacial score (nSPS) is 18.3. The number of carbonyl (C=O) groups is 1. The number of halogens is 1. The van der Waals surface area contributed by atoms with E-state index in [9.17, 15) is 4.79 Å². The maximum atomic E-state index is 12.6. The van der Waals surface area contributed by atoms with Crippen LogP contribution >= 0.6 is 27.3 Å². The Morgan fingerprint density at radius 2 is 1.95 bits per heavy atom. The maximum absolute atomic E-state index is 12.6. The smallest absolute Gasteiger partial charge is 0.157 e. The van der Waals surface area contributed by atoms with Gasteiger partial charge in [0, 0.05) is 15.8 Å². The van der Waals surface area contributed by atoms with Gasteiger partial charge in [0.2, 0.25) is 0 Å². The molecule has 0 spiro atoms. The van der Waals surface area contributed by atoms with Crippen LogP contribution < -0.4 is 0 Å². The van der Waals surface area contributed by atoms with Crippen LogP contribution in [0.4, 0.5) is 0 Å². The van der Waals surface area contributed by atoms with Gasteiger partial charge in [-0.3, -0.25) is 9.69 Å². The number of thiophene rings is 1. The third-order valence-electron chi connectivity index (χ3n) is 4.09. The minimum atomic E-state index is -0.340. The average Bonchev–Trinajstić information content (AvgIpc) is 2.64. The molecule has 19 heavy (non-hydrogen) atoms. The highest BCUT2D eigenvalue weighted by Gasteiger charge is 2.34. The average molecular weight is 344 g/mol. The molecule has 0 saturated carbocycles. The summed E-state index contributed by atoms with van der Waals surface area (Å²) in [7, 11) is 0. The fraction of sp³-hybridized carbons (Fsp3) is 0.667. The lowest BCUT2D eigenvalue weighted by atomic mass is 9.93. The molecule has 1 fully saturated rings. The van der Waals surface area contributed by atoms with Crippen molar-refractivity contribution in [3.63, 3.8) is 0 Å². The Morgan fingerprint density at radius 3 is 2.47 bits per heavy atom. The van der Waals surface area contributed by atoms with Gasteiger partial charge in [0.15, 0.2) is 5.78 Å². The Kier molecular flexibility index (Phi) is 5.21. The first-order valence-electron chi connectivity index (χ1n) is 7.02. The Balaban J connectivity index is 2.05. The van der Waals surface area contributed by atoms with Gasteiger partial charge in [0.1, 0.15) is 0 Å². The largest absolute Gasteiger partial charge is 0.297 e. The van der Waals surface area contributed by atoms with Crippen molar-refractivity contribution in [2.45, 2.75) is 51.5 Å². The topological polar surface area (TPSA) is 20.3 Å². The molecule has 0 unspecified atom stereocenters. The molecule has 2 rings (SSSR count). The second-order valence-electron chi connectivity index (χ2n) is 5.75. The third kappa shape index (κ3) is 3.67. The molecule has 0 amide bonds. The quantitative estimate of drug-likeness (QED) is 0.813. The number of hydrogen-bond donors (Lipinski definition) is 0. The van der Waals surface area contributed by atoms with E-state index in [1.54, 1.807) is 11.3 Å². The van der Waals surface area contributed by atoms with Crippen molar-refractivity contribution in [1.82, 2.24) is 4.90 Å². The Labute approximate surface area is 128 Å². The summed E-state index contributed by atoms with van der Waals surface area (Å²) >= 11 is 5.17. The number of nitrogens with zero attached hydrogens (tertiary/aromatic N) is 1. The van der Waals surface area contributed by atoms with E-state index in [4.69, 9.17) is 0 Å². The standard InChI is InChI=1S/C15H22BrNOS/c1-15(2,17-8-5-3-4-6-9-17)14(18)11-13-12(16)7-10-19-13/h7,10H,3-6,8-9,11H2,1-2H3. The number of carbonyl (C=O) groups excluding carboxylic acids is 1. The van der Waals surface area contributed by atoms with Crippen LogP contribution in [-0.2, 0) is 11.2 Å². The summed E-state index contributed by atoms with van der Waals surface area (Å²) in [5.74, 6) is 0.331. The van der Waals surface area contributed by atoms with Gasteiger partial charge < -0.3 is 0 Å². The van der Waals surface area contributed by atoms with Gasteiger partial charge in [0.05, 0.1) is 5.54 Å². The summed E-state index contributed by atoms with van der Waals surface area (Å²) in [4.78, 5) is 16.2. The fourth-order valence-corrected chi connectivity index (χ4v) is 4.11. The number of likely N-dealkylation sites (tertiary alicyclic amines) is 1. The van der Waals surface area contributed by atoms with Gasteiger partial charge in [-0.1, -0.05) is 12.8 Å². The van der Waals surface area contributed by atoms with Crippen molar-refractivity contribution in [3.8, 4) is 0 Å². The highest BCUT2D eigenvalue weighted by Crippen LogP contribution is 2.27. The molecule has 1 aliphatic rings. The zero-order chi connectivity index (χ0) is 13.9. The second-order valence-corrected chi connectivity index (χ2v) is 7.61. The lowest BCUT2D eigenvalue weighted by Gasteiger charge is -2.36. The molecule has 106 valence electrons. The minimum absolute atomic E-state index is 0.331. The molecule has 1 aliphatic heterocycles. The maximum Gasteiger partial charge on any atom is 0.157 e. The summed E-state index contributed by atoms with van der Waals surface area (Å²) in [5.41, 5.74) is -0.340. The van der Waals surface area contributed by atoms with Crippen molar-refractivity contribution in [1.29, 1.82) is 0 Å². The molecule has 1 saturated heterocycles. The zero-order valence-electron chi connectivity index (χ0n) is 11.7. The molecule has 1 aromatic rings. The molecular weight excluding hydrogens is 322 g/mol. The molecule has 0 N–H and O–H groups in total. The highest BCUT2D eigenvalue weighted by atomic mass is 79.9. The van der Waals surface area contributed by atoms with E-state index in [2.05, 4.69) is 34.7 Å². The third-order valence-corrected chi connectivity index (χ3v) is 6.02. The monoisotopic (exact) mass is 343 g/mol. The predicted molar refractivity (Wildman–Crippen MR) is 84.9 cm³/mol. The first kappa shape index (κ1) is 15.2.